The van der Waals surface area contributed by atoms with Crippen LogP contribution in [-0.2, 0) is 0 Å². The molecular formula is C15H21FN2O. The van der Waals surface area contributed by atoms with Gasteiger partial charge in [0.25, 0.3) is 0 Å². The van der Waals surface area contributed by atoms with E-state index in [9.17, 15) is 4.39 Å². The molecular weight excluding hydrogens is 243 g/mol. The lowest BCUT2D eigenvalue weighted by Crippen LogP contribution is -2.53. The van der Waals surface area contributed by atoms with Crippen molar-refractivity contribution in [3.05, 3.63) is 29.6 Å². The molecule has 0 aliphatic carbocycles. The molecule has 4 heteroatoms. The maximum Gasteiger partial charge on any atom is 0.127 e. The minimum Gasteiger partial charge on any atom is -0.487 e. The Morgan fingerprint density at radius 1 is 1.42 bits per heavy atom. The molecule has 1 spiro atoms. The van der Waals surface area contributed by atoms with E-state index in [0.29, 0.717) is 11.8 Å². The van der Waals surface area contributed by atoms with Crippen molar-refractivity contribution in [1.29, 1.82) is 0 Å². The second-order valence-electron chi connectivity index (χ2n) is 6.06. The van der Waals surface area contributed by atoms with Gasteiger partial charge in [0.1, 0.15) is 17.2 Å². The predicted octanol–water partition coefficient (Wildman–Crippen LogP) is 2.46. The molecule has 0 radical (unpaired) electrons. The number of rotatable bonds is 0. The van der Waals surface area contributed by atoms with E-state index in [-0.39, 0.29) is 17.5 Å². The van der Waals surface area contributed by atoms with Crippen molar-refractivity contribution in [2.45, 2.75) is 43.9 Å². The van der Waals surface area contributed by atoms with Gasteiger partial charge in [-0.1, -0.05) is 6.07 Å². The lowest BCUT2D eigenvalue weighted by molar-refractivity contribution is -0.0359. The van der Waals surface area contributed by atoms with Gasteiger partial charge in [0, 0.05) is 43.1 Å². The van der Waals surface area contributed by atoms with Crippen LogP contribution in [0.1, 0.15) is 37.8 Å². The van der Waals surface area contributed by atoms with Gasteiger partial charge in [0.05, 0.1) is 0 Å². The molecule has 1 saturated heterocycles. The van der Waals surface area contributed by atoms with Crippen molar-refractivity contribution in [1.82, 2.24) is 4.90 Å². The Morgan fingerprint density at radius 3 is 2.95 bits per heavy atom. The lowest BCUT2D eigenvalue weighted by Gasteiger charge is -2.48. The van der Waals surface area contributed by atoms with E-state index < -0.39 is 0 Å². The summed E-state index contributed by atoms with van der Waals surface area (Å²) in [5.74, 6) is 0.375. The second kappa shape index (κ2) is 4.46. The fourth-order valence-electron chi connectivity index (χ4n) is 3.36. The Labute approximate surface area is 113 Å². The summed E-state index contributed by atoms with van der Waals surface area (Å²) in [5.41, 5.74) is 6.98. The molecule has 104 valence electrons. The number of fused-ring (bicyclic) bond motifs is 1. The monoisotopic (exact) mass is 264 g/mol. The van der Waals surface area contributed by atoms with Gasteiger partial charge < -0.3 is 15.4 Å². The van der Waals surface area contributed by atoms with Crippen LogP contribution in [0.2, 0.25) is 0 Å². The quantitative estimate of drug-likeness (QED) is 0.782. The van der Waals surface area contributed by atoms with Gasteiger partial charge >= 0.3 is 0 Å². The maximum absolute atomic E-state index is 13.4. The second-order valence-corrected chi connectivity index (χ2v) is 6.06. The van der Waals surface area contributed by atoms with Gasteiger partial charge in [0.2, 0.25) is 0 Å². The summed E-state index contributed by atoms with van der Waals surface area (Å²) in [5, 5.41) is 0. The van der Waals surface area contributed by atoms with Crippen LogP contribution in [0.25, 0.3) is 0 Å². The highest BCUT2D eigenvalue weighted by atomic mass is 19.1. The molecule has 2 heterocycles. The summed E-state index contributed by atoms with van der Waals surface area (Å²) >= 11 is 0. The van der Waals surface area contributed by atoms with Crippen LogP contribution in [0.3, 0.4) is 0 Å². The van der Waals surface area contributed by atoms with Crippen molar-refractivity contribution in [2.75, 3.05) is 13.6 Å². The van der Waals surface area contributed by atoms with E-state index in [1.165, 1.54) is 12.1 Å². The number of ether oxygens (including phenoxy) is 1. The molecule has 1 fully saturated rings. The molecule has 2 aliphatic heterocycles. The van der Waals surface area contributed by atoms with Crippen LogP contribution in [0.15, 0.2) is 18.2 Å². The van der Waals surface area contributed by atoms with E-state index in [1.54, 1.807) is 6.07 Å². The van der Waals surface area contributed by atoms with E-state index in [4.69, 9.17) is 10.5 Å². The Morgan fingerprint density at radius 2 is 2.21 bits per heavy atom. The van der Waals surface area contributed by atoms with Crippen LogP contribution in [0, 0.1) is 5.82 Å². The maximum atomic E-state index is 13.4. The fraction of sp³-hybridized carbons (Fsp3) is 0.600. The SMILES string of the molecule is CC1CC2(CCN1C)C[C@@H](N)c1ccc(F)cc1O2. The van der Waals surface area contributed by atoms with Gasteiger partial charge in [-0.25, -0.2) is 4.39 Å². The third-order valence-electron chi connectivity index (χ3n) is 4.63. The summed E-state index contributed by atoms with van der Waals surface area (Å²) in [6.45, 7) is 3.20. The predicted molar refractivity (Wildman–Crippen MR) is 72.6 cm³/mol. The first kappa shape index (κ1) is 12.9. The smallest absolute Gasteiger partial charge is 0.127 e. The number of hydrogen-bond acceptors (Lipinski definition) is 3. The molecule has 2 aliphatic rings. The van der Waals surface area contributed by atoms with E-state index in [1.807, 2.05) is 0 Å². The molecule has 2 N–H and O–H groups in total. The number of piperidine rings is 1. The summed E-state index contributed by atoms with van der Waals surface area (Å²) in [6, 6.07) is 5.09. The molecule has 3 rings (SSSR count). The van der Waals surface area contributed by atoms with Crippen LogP contribution in [0.5, 0.6) is 5.75 Å². The van der Waals surface area contributed by atoms with Gasteiger partial charge in [-0.2, -0.15) is 0 Å². The minimum atomic E-state index is -0.260. The Hall–Kier alpha value is -1.13. The van der Waals surface area contributed by atoms with Gasteiger partial charge in [-0.05, 0) is 26.5 Å². The molecule has 0 bridgehead atoms. The standard InChI is InChI=1S/C15H21FN2O/c1-10-8-15(5-6-18(10)2)9-13(17)12-4-3-11(16)7-14(12)19-15/h3-4,7,10,13H,5-6,8-9,17H2,1-2H3/t10?,13-,15?/m1/s1. The Kier molecular flexibility index (Phi) is 3.02. The van der Waals surface area contributed by atoms with Gasteiger partial charge in [0.15, 0.2) is 0 Å². The van der Waals surface area contributed by atoms with E-state index in [0.717, 1.165) is 31.4 Å². The summed E-state index contributed by atoms with van der Waals surface area (Å²) in [7, 11) is 2.13. The summed E-state index contributed by atoms with van der Waals surface area (Å²) in [6.07, 6.45) is 2.73. The third-order valence-corrected chi connectivity index (χ3v) is 4.63. The largest absolute Gasteiger partial charge is 0.487 e. The number of halogens is 1. The first-order chi connectivity index (χ1) is 8.99. The van der Waals surface area contributed by atoms with Crippen molar-refractivity contribution in [2.24, 2.45) is 5.73 Å². The molecule has 1 aromatic rings. The highest BCUT2D eigenvalue weighted by Crippen LogP contribution is 2.44. The average Bonchev–Trinajstić information content (AvgIpc) is 2.34. The number of benzene rings is 1. The number of likely N-dealkylation sites (tertiary alicyclic amines) is 1. The zero-order valence-electron chi connectivity index (χ0n) is 11.5. The zero-order chi connectivity index (χ0) is 13.6. The highest BCUT2D eigenvalue weighted by molar-refractivity contribution is 5.39. The molecule has 1 aromatic carbocycles. The number of hydrogen-bond donors (Lipinski definition) is 1. The summed E-state index contributed by atoms with van der Waals surface area (Å²) < 4.78 is 19.6. The minimum absolute atomic E-state index is 0.0556. The molecule has 3 atom stereocenters. The normalized spacial score (nSPS) is 34.9. The van der Waals surface area contributed by atoms with E-state index in [2.05, 4.69) is 18.9 Å². The zero-order valence-corrected chi connectivity index (χ0v) is 11.5. The van der Waals surface area contributed by atoms with Crippen LogP contribution >= 0.6 is 0 Å². The molecule has 0 saturated carbocycles. The van der Waals surface area contributed by atoms with Gasteiger partial charge in [-0.15, -0.1) is 0 Å². The van der Waals surface area contributed by atoms with Crippen molar-refractivity contribution < 1.29 is 9.13 Å². The van der Waals surface area contributed by atoms with Gasteiger partial charge in [-0.3, -0.25) is 0 Å². The molecule has 19 heavy (non-hydrogen) atoms. The topological polar surface area (TPSA) is 38.5 Å². The van der Waals surface area contributed by atoms with Crippen molar-refractivity contribution >= 4 is 0 Å². The first-order valence-corrected chi connectivity index (χ1v) is 6.93. The van der Waals surface area contributed by atoms with Crippen LogP contribution in [-0.4, -0.2) is 30.1 Å². The van der Waals surface area contributed by atoms with Crippen LogP contribution < -0.4 is 10.5 Å². The lowest BCUT2D eigenvalue weighted by atomic mass is 9.78. The van der Waals surface area contributed by atoms with E-state index >= 15 is 0 Å². The van der Waals surface area contributed by atoms with Crippen molar-refractivity contribution in [3.8, 4) is 5.75 Å². The number of nitrogens with two attached hydrogens (primary N) is 1. The molecule has 3 nitrogen and oxygen atoms in total. The number of nitrogens with zero attached hydrogens (tertiary/aromatic N) is 1. The average molecular weight is 264 g/mol. The molecule has 0 aromatic heterocycles. The summed E-state index contributed by atoms with van der Waals surface area (Å²) in [4.78, 5) is 2.33. The third kappa shape index (κ3) is 2.23. The molecule has 2 unspecified atom stereocenters. The first-order valence-electron chi connectivity index (χ1n) is 6.93. The molecule has 0 amide bonds. The highest BCUT2D eigenvalue weighted by Gasteiger charge is 2.44. The Bertz CT molecular complexity index is 493. The van der Waals surface area contributed by atoms with Crippen molar-refractivity contribution in [3.63, 3.8) is 0 Å². The van der Waals surface area contributed by atoms with Crippen LogP contribution in [0.4, 0.5) is 4.39 Å². The fourth-order valence-corrected chi connectivity index (χ4v) is 3.36. The Balaban J connectivity index is 1.91.